The van der Waals surface area contributed by atoms with Gasteiger partial charge in [-0.15, -0.1) is 11.3 Å². The van der Waals surface area contributed by atoms with E-state index in [1.54, 1.807) is 35.0 Å². The van der Waals surface area contributed by atoms with Crippen molar-refractivity contribution in [3.63, 3.8) is 0 Å². The highest BCUT2D eigenvalue weighted by atomic mass is 32.1. The Bertz CT molecular complexity index is 988. The number of aromatic nitrogens is 2. The Morgan fingerprint density at radius 1 is 1.26 bits per heavy atom. The molecule has 1 unspecified atom stereocenters. The number of hydrogen-bond acceptors (Lipinski definition) is 5. The molecule has 3 aromatic rings. The first-order valence-corrected chi connectivity index (χ1v) is 9.27. The maximum Gasteiger partial charge on any atom is 0.330 e. The number of carboxylic acid groups (broad SMARTS) is 1. The van der Waals surface area contributed by atoms with Crippen molar-refractivity contribution in [1.82, 2.24) is 15.1 Å². The number of thiophene rings is 1. The smallest absolute Gasteiger partial charge is 0.330 e. The normalized spacial score (nSPS) is 12.3. The summed E-state index contributed by atoms with van der Waals surface area (Å²) < 4.78 is 6.84. The van der Waals surface area contributed by atoms with E-state index < -0.39 is 17.9 Å². The van der Waals surface area contributed by atoms with Crippen molar-refractivity contribution >= 4 is 33.4 Å². The zero-order valence-electron chi connectivity index (χ0n) is 15.5. The van der Waals surface area contributed by atoms with Gasteiger partial charge >= 0.3 is 5.97 Å². The van der Waals surface area contributed by atoms with Crippen LogP contribution in [0.5, 0.6) is 5.75 Å². The molecule has 0 aliphatic carbocycles. The van der Waals surface area contributed by atoms with Crippen LogP contribution in [0.15, 0.2) is 30.3 Å². The average molecular weight is 387 g/mol. The minimum absolute atomic E-state index is 0.227. The van der Waals surface area contributed by atoms with Gasteiger partial charge in [0.15, 0.2) is 6.04 Å². The van der Waals surface area contributed by atoms with Crippen molar-refractivity contribution in [2.75, 3.05) is 7.11 Å². The number of carbonyl (C=O) groups is 2. The predicted molar refractivity (Wildman–Crippen MR) is 104 cm³/mol. The van der Waals surface area contributed by atoms with E-state index in [0.717, 1.165) is 15.9 Å². The van der Waals surface area contributed by atoms with Gasteiger partial charge in [0.1, 0.15) is 10.6 Å². The summed E-state index contributed by atoms with van der Waals surface area (Å²) in [5.74, 6) is -0.703. The van der Waals surface area contributed by atoms with Crippen molar-refractivity contribution in [3.05, 3.63) is 46.5 Å². The van der Waals surface area contributed by atoms with Crippen molar-refractivity contribution in [2.24, 2.45) is 7.05 Å². The molecule has 1 aromatic carbocycles. The first-order valence-electron chi connectivity index (χ1n) is 8.46. The third-order valence-corrected chi connectivity index (χ3v) is 5.48. The lowest BCUT2D eigenvalue weighted by atomic mass is 10.1. The fourth-order valence-electron chi connectivity index (χ4n) is 2.89. The molecule has 0 spiro atoms. The third-order valence-electron chi connectivity index (χ3n) is 4.28. The SMILES string of the molecule is COc1ccc(C(NC(=O)c2cc3c(C(C)C)nn(C)c3s2)C(=O)O)cc1. The van der Waals surface area contributed by atoms with E-state index in [1.165, 1.54) is 18.4 Å². The molecule has 0 aliphatic rings. The van der Waals surface area contributed by atoms with Gasteiger partial charge in [-0.3, -0.25) is 9.48 Å². The van der Waals surface area contributed by atoms with Gasteiger partial charge in [0.2, 0.25) is 0 Å². The summed E-state index contributed by atoms with van der Waals surface area (Å²) in [5, 5.41) is 17.6. The summed E-state index contributed by atoms with van der Waals surface area (Å²) in [6, 6.07) is 7.23. The number of benzene rings is 1. The molecule has 8 heteroatoms. The van der Waals surface area contributed by atoms with Crippen LogP contribution in [0.3, 0.4) is 0 Å². The van der Waals surface area contributed by atoms with E-state index >= 15 is 0 Å². The van der Waals surface area contributed by atoms with Crippen LogP contribution in [0.1, 0.15) is 46.7 Å². The van der Waals surface area contributed by atoms with Gasteiger partial charge in [0, 0.05) is 12.4 Å². The molecule has 0 aliphatic heterocycles. The number of hydrogen-bond donors (Lipinski definition) is 2. The van der Waals surface area contributed by atoms with E-state index in [0.29, 0.717) is 16.2 Å². The molecule has 27 heavy (non-hydrogen) atoms. The highest BCUT2D eigenvalue weighted by molar-refractivity contribution is 7.20. The Balaban J connectivity index is 1.88. The highest BCUT2D eigenvalue weighted by Crippen LogP contribution is 2.32. The van der Waals surface area contributed by atoms with E-state index in [-0.39, 0.29) is 5.92 Å². The number of methoxy groups -OCH3 is 1. The number of rotatable bonds is 6. The van der Waals surface area contributed by atoms with Crippen molar-refractivity contribution in [1.29, 1.82) is 0 Å². The molecule has 2 N–H and O–H groups in total. The van der Waals surface area contributed by atoms with Gasteiger partial charge in [-0.2, -0.15) is 5.10 Å². The van der Waals surface area contributed by atoms with Crippen molar-refractivity contribution in [2.45, 2.75) is 25.8 Å². The lowest BCUT2D eigenvalue weighted by Crippen LogP contribution is -2.33. The van der Waals surface area contributed by atoms with Crippen molar-refractivity contribution in [3.8, 4) is 5.75 Å². The van der Waals surface area contributed by atoms with Crippen LogP contribution in [0.4, 0.5) is 0 Å². The molecule has 0 saturated carbocycles. The van der Waals surface area contributed by atoms with Gasteiger partial charge < -0.3 is 15.2 Å². The molecule has 142 valence electrons. The Labute approximate surface area is 160 Å². The lowest BCUT2D eigenvalue weighted by Gasteiger charge is -2.14. The second-order valence-electron chi connectivity index (χ2n) is 6.51. The zero-order chi connectivity index (χ0) is 19.7. The summed E-state index contributed by atoms with van der Waals surface area (Å²) in [5.41, 5.74) is 1.40. The molecule has 0 radical (unpaired) electrons. The highest BCUT2D eigenvalue weighted by Gasteiger charge is 2.25. The Hall–Kier alpha value is -2.87. The summed E-state index contributed by atoms with van der Waals surface area (Å²) in [7, 11) is 3.37. The van der Waals surface area contributed by atoms with Crippen LogP contribution in [0, 0.1) is 0 Å². The fourth-order valence-corrected chi connectivity index (χ4v) is 3.87. The van der Waals surface area contributed by atoms with E-state index in [4.69, 9.17) is 4.74 Å². The molecule has 7 nitrogen and oxygen atoms in total. The first kappa shape index (κ1) is 18.9. The van der Waals surface area contributed by atoms with Gasteiger partial charge in [-0.05, 0) is 29.7 Å². The Morgan fingerprint density at radius 3 is 2.48 bits per heavy atom. The average Bonchev–Trinajstić information content (AvgIpc) is 3.20. The van der Waals surface area contributed by atoms with Crippen molar-refractivity contribution < 1.29 is 19.4 Å². The molecule has 2 heterocycles. The topological polar surface area (TPSA) is 93.5 Å². The van der Waals surface area contributed by atoms with Gasteiger partial charge in [0.25, 0.3) is 5.91 Å². The molecule has 0 bridgehead atoms. The number of fused-ring (bicyclic) bond motifs is 1. The zero-order valence-corrected chi connectivity index (χ0v) is 16.3. The van der Waals surface area contributed by atoms with Crippen LogP contribution < -0.4 is 10.1 Å². The minimum Gasteiger partial charge on any atom is -0.497 e. The summed E-state index contributed by atoms with van der Waals surface area (Å²) in [4.78, 5) is 25.7. The Morgan fingerprint density at radius 2 is 1.93 bits per heavy atom. The fraction of sp³-hybridized carbons (Fsp3) is 0.316. The number of carboxylic acids is 1. The molecule has 0 fully saturated rings. The van der Waals surface area contributed by atoms with Crippen LogP contribution in [0.25, 0.3) is 10.2 Å². The molecule has 3 rings (SSSR count). The molecular weight excluding hydrogens is 366 g/mol. The predicted octanol–water partition coefficient (Wildman–Crippen LogP) is 3.32. The molecule has 1 atom stereocenters. The quantitative estimate of drug-likeness (QED) is 0.677. The number of nitrogens with one attached hydrogen (secondary N) is 1. The number of nitrogens with zero attached hydrogens (tertiary/aromatic N) is 2. The molecular formula is C19H21N3O4S. The Kier molecular flexibility index (Phi) is 5.18. The van der Waals surface area contributed by atoms with Gasteiger partial charge in [-0.25, -0.2) is 4.79 Å². The van der Waals surface area contributed by atoms with E-state index in [1.807, 2.05) is 20.9 Å². The number of carbonyl (C=O) groups excluding carboxylic acids is 1. The van der Waals surface area contributed by atoms with Gasteiger partial charge in [-0.1, -0.05) is 26.0 Å². The standard InChI is InChI=1S/C19H21N3O4S/c1-10(2)15-13-9-14(27-18(13)22(3)21-15)17(23)20-16(19(24)25)11-5-7-12(26-4)8-6-11/h5-10,16H,1-4H3,(H,20,23)(H,24,25). The van der Waals surface area contributed by atoms with Gasteiger partial charge in [0.05, 0.1) is 17.7 Å². The largest absolute Gasteiger partial charge is 0.497 e. The van der Waals surface area contributed by atoms with Crippen LogP contribution in [-0.4, -0.2) is 33.9 Å². The number of aryl methyl sites for hydroxylation is 1. The monoisotopic (exact) mass is 387 g/mol. The minimum atomic E-state index is -1.14. The van der Waals surface area contributed by atoms with Crippen LogP contribution in [-0.2, 0) is 11.8 Å². The maximum absolute atomic E-state index is 12.7. The summed E-state index contributed by atoms with van der Waals surface area (Å²) in [6.07, 6.45) is 0. The lowest BCUT2D eigenvalue weighted by molar-refractivity contribution is -0.139. The van der Waals surface area contributed by atoms with Crippen LogP contribution >= 0.6 is 11.3 Å². The summed E-state index contributed by atoms with van der Waals surface area (Å²) in [6.45, 7) is 4.09. The number of amides is 1. The molecule has 1 amide bonds. The maximum atomic E-state index is 12.7. The number of aliphatic carboxylic acids is 1. The second-order valence-corrected chi connectivity index (χ2v) is 7.54. The van der Waals surface area contributed by atoms with Crippen LogP contribution in [0.2, 0.25) is 0 Å². The number of ether oxygens (including phenoxy) is 1. The molecule has 0 saturated heterocycles. The third kappa shape index (κ3) is 3.66. The first-order chi connectivity index (χ1) is 12.8. The van der Waals surface area contributed by atoms with E-state index in [2.05, 4.69) is 10.4 Å². The summed E-state index contributed by atoms with van der Waals surface area (Å²) >= 11 is 1.30. The molecule has 2 aromatic heterocycles. The second kappa shape index (κ2) is 7.40. The van der Waals surface area contributed by atoms with E-state index in [9.17, 15) is 14.7 Å².